The van der Waals surface area contributed by atoms with Crippen molar-refractivity contribution in [1.29, 1.82) is 0 Å². The lowest BCUT2D eigenvalue weighted by Gasteiger charge is -2.19. The molecule has 0 spiro atoms. The van der Waals surface area contributed by atoms with Crippen LogP contribution in [0, 0.1) is 0 Å². The van der Waals surface area contributed by atoms with E-state index in [2.05, 4.69) is 10.6 Å². The topological polar surface area (TPSA) is 93.7 Å². The molecule has 1 fully saturated rings. The SMILES string of the molecule is O=C(NC1CC1)C(=O)[C@@H]1CCCCOCCOCc2ccccc2C(=O)N1. The summed E-state index contributed by atoms with van der Waals surface area (Å²) in [5.41, 5.74) is 1.19. The minimum atomic E-state index is -0.840. The lowest BCUT2D eigenvalue weighted by Crippen LogP contribution is -2.48. The van der Waals surface area contributed by atoms with Crippen molar-refractivity contribution in [1.82, 2.24) is 10.6 Å². The van der Waals surface area contributed by atoms with Crippen LogP contribution in [0.2, 0.25) is 0 Å². The van der Waals surface area contributed by atoms with Gasteiger partial charge in [0.05, 0.1) is 25.9 Å². The normalized spacial score (nSPS) is 22.1. The smallest absolute Gasteiger partial charge is 0.289 e. The van der Waals surface area contributed by atoms with Crippen molar-refractivity contribution in [2.45, 2.75) is 50.8 Å². The maximum absolute atomic E-state index is 12.8. The maximum Gasteiger partial charge on any atom is 0.289 e. The number of ketones is 1. The molecule has 1 aromatic carbocycles. The molecule has 3 rings (SSSR count). The molecular weight excluding hydrogens is 348 g/mol. The van der Waals surface area contributed by atoms with E-state index in [1.54, 1.807) is 12.1 Å². The van der Waals surface area contributed by atoms with E-state index in [1.807, 2.05) is 12.1 Å². The van der Waals surface area contributed by atoms with Crippen molar-refractivity contribution < 1.29 is 23.9 Å². The summed E-state index contributed by atoms with van der Waals surface area (Å²) in [4.78, 5) is 37.5. The molecule has 1 heterocycles. The highest BCUT2D eigenvalue weighted by atomic mass is 16.5. The first kappa shape index (κ1) is 19.5. The second-order valence-corrected chi connectivity index (χ2v) is 6.96. The third kappa shape index (κ3) is 5.87. The summed E-state index contributed by atoms with van der Waals surface area (Å²) >= 11 is 0. The van der Waals surface area contributed by atoms with Gasteiger partial charge in [-0.1, -0.05) is 18.2 Å². The third-order valence-corrected chi connectivity index (χ3v) is 4.68. The Labute approximate surface area is 158 Å². The van der Waals surface area contributed by atoms with Crippen LogP contribution in [0.3, 0.4) is 0 Å². The molecule has 1 atom stereocenters. The predicted molar refractivity (Wildman–Crippen MR) is 98.2 cm³/mol. The molecule has 1 saturated carbocycles. The molecule has 1 aliphatic heterocycles. The number of nitrogens with one attached hydrogen (secondary N) is 2. The van der Waals surface area contributed by atoms with E-state index < -0.39 is 17.7 Å². The van der Waals surface area contributed by atoms with Gasteiger partial charge < -0.3 is 20.1 Å². The molecule has 2 N–H and O–H groups in total. The standard InChI is InChI=1S/C20H26N2O5/c23-18(20(25)21-15-8-9-15)17-7-3-4-10-26-11-12-27-13-14-5-1-2-6-16(14)19(24)22-17/h1-2,5-6,15,17H,3-4,7-13H2,(H,21,25)(H,22,24)/t17-/m0/s1. The van der Waals surface area contributed by atoms with E-state index in [4.69, 9.17) is 9.47 Å². The fourth-order valence-electron chi connectivity index (χ4n) is 2.97. The van der Waals surface area contributed by atoms with Crippen LogP contribution >= 0.6 is 0 Å². The summed E-state index contributed by atoms with van der Waals surface area (Å²) in [7, 11) is 0. The number of rotatable bonds is 3. The Bertz CT molecular complexity index is 687. The van der Waals surface area contributed by atoms with Gasteiger partial charge in [0.25, 0.3) is 11.8 Å². The zero-order valence-electron chi connectivity index (χ0n) is 15.4. The Morgan fingerprint density at radius 3 is 2.59 bits per heavy atom. The first-order chi connectivity index (χ1) is 13.1. The van der Waals surface area contributed by atoms with Crippen LogP contribution in [0.15, 0.2) is 24.3 Å². The number of fused-ring (bicyclic) bond motifs is 1. The summed E-state index contributed by atoms with van der Waals surface area (Å²) in [5, 5.41) is 5.46. The van der Waals surface area contributed by atoms with Crippen molar-refractivity contribution in [3.8, 4) is 0 Å². The average molecular weight is 374 g/mol. The van der Waals surface area contributed by atoms with E-state index in [0.29, 0.717) is 38.2 Å². The molecule has 1 aromatic rings. The largest absolute Gasteiger partial charge is 0.379 e. The monoisotopic (exact) mass is 374 g/mol. The minimum Gasteiger partial charge on any atom is -0.379 e. The molecule has 2 amide bonds. The number of amides is 2. The fraction of sp³-hybridized carbons (Fsp3) is 0.550. The third-order valence-electron chi connectivity index (χ3n) is 4.68. The number of Topliss-reactive ketones (excluding diaryl/α,β-unsaturated/α-hetero) is 1. The van der Waals surface area contributed by atoms with Crippen LogP contribution in [0.1, 0.15) is 48.0 Å². The minimum absolute atomic E-state index is 0.0990. The van der Waals surface area contributed by atoms with Crippen LogP contribution in [0.25, 0.3) is 0 Å². The summed E-state index contributed by atoms with van der Waals surface area (Å²) in [6, 6.07) is 6.37. The Hall–Kier alpha value is -2.25. The Kier molecular flexibility index (Phi) is 6.95. The lowest BCUT2D eigenvalue weighted by atomic mass is 10.0. The van der Waals surface area contributed by atoms with Gasteiger partial charge in [0.15, 0.2) is 0 Å². The van der Waals surface area contributed by atoms with Gasteiger partial charge in [-0.15, -0.1) is 0 Å². The van der Waals surface area contributed by atoms with Crippen molar-refractivity contribution in [2.75, 3.05) is 19.8 Å². The van der Waals surface area contributed by atoms with E-state index in [1.165, 1.54) is 0 Å². The molecule has 0 bridgehead atoms. The second kappa shape index (κ2) is 9.62. The molecular formula is C20H26N2O5. The number of carbonyl (C=O) groups excluding carboxylic acids is 3. The molecule has 146 valence electrons. The lowest BCUT2D eigenvalue weighted by molar-refractivity contribution is -0.139. The molecule has 2 aliphatic rings. The molecule has 7 nitrogen and oxygen atoms in total. The number of hydrogen-bond donors (Lipinski definition) is 2. The number of ether oxygens (including phenoxy) is 2. The van der Waals surface area contributed by atoms with Crippen molar-refractivity contribution in [2.24, 2.45) is 0 Å². The highest BCUT2D eigenvalue weighted by Gasteiger charge is 2.31. The number of benzene rings is 1. The van der Waals surface area contributed by atoms with E-state index in [9.17, 15) is 14.4 Å². The van der Waals surface area contributed by atoms with Crippen LogP contribution in [0.5, 0.6) is 0 Å². The highest BCUT2D eigenvalue weighted by Crippen LogP contribution is 2.19. The van der Waals surface area contributed by atoms with Gasteiger partial charge in [0, 0.05) is 18.2 Å². The van der Waals surface area contributed by atoms with Crippen LogP contribution < -0.4 is 10.6 Å². The van der Waals surface area contributed by atoms with E-state index in [-0.39, 0.29) is 18.6 Å². The molecule has 0 aromatic heterocycles. The van der Waals surface area contributed by atoms with Gasteiger partial charge in [0.1, 0.15) is 0 Å². The summed E-state index contributed by atoms with van der Waals surface area (Å²) in [5.74, 6) is -1.56. The zero-order valence-corrected chi connectivity index (χ0v) is 15.4. The number of hydrogen-bond acceptors (Lipinski definition) is 5. The van der Waals surface area contributed by atoms with Gasteiger partial charge in [0.2, 0.25) is 5.78 Å². The van der Waals surface area contributed by atoms with Crippen LogP contribution in [-0.4, -0.2) is 49.5 Å². The quantitative estimate of drug-likeness (QED) is 0.779. The predicted octanol–water partition coefficient (Wildman–Crippen LogP) is 1.35. The highest BCUT2D eigenvalue weighted by molar-refractivity contribution is 6.38. The van der Waals surface area contributed by atoms with Gasteiger partial charge in [-0.05, 0) is 43.7 Å². The summed E-state index contributed by atoms with van der Waals surface area (Å²) < 4.78 is 11.1. The van der Waals surface area contributed by atoms with Crippen LogP contribution in [-0.2, 0) is 25.7 Å². The van der Waals surface area contributed by atoms with Gasteiger partial charge in [-0.25, -0.2) is 0 Å². The maximum atomic E-state index is 12.8. The molecule has 0 radical (unpaired) electrons. The molecule has 0 unspecified atom stereocenters. The Morgan fingerprint density at radius 1 is 1.00 bits per heavy atom. The van der Waals surface area contributed by atoms with Crippen molar-refractivity contribution >= 4 is 17.6 Å². The van der Waals surface area contributed by atoms with Gasteiger partial charge in [-0.2, -0.15) is 0 Å². The average Bonchev–Trinajstić information content (AvgIpc) is 3.48. The first-order valence-corrected chi connectivity index (χ1v) is 9.54. The summed E-state index contributed by atoms with van der Waals surface area (Å²) in [6.07, 6.45) is 3.64. The van der Waals surface area contributed by atoms with E-state index >= 15 is 0 Å². The Balaban J connectivity index is 1.74. The second-order valence-electron chi connectivity index (χ2n) is 6.96. The molecule has 27 heavy (non-hydrogen) atoms. The fourth-order valence-corrected chi connectivity index (χ4v) is 2.97. The first-order valence-electron chi connectivity index (χ1n) is 9.54. The van der Waals surface area contributed by atoms with E-state index in [0.717, 1.165) is 24.8 Å². The Morgan fingerprint density at radius 2 is 1.78 bits per heavy atom. The van der Waals surface area contributed by atoms with Crippen LogP contribution in [0.4, 0.5) is 0 Å². The molecule has 1 aliphatic carbocycles. The van der Waals surface area contributed by atoms with Crippen molar-refractivity contribution in [3.63, 3.8) is 0 Å². The summed E-state index contributed by atoms with van der Waals surface area (Å²) in [6.45, 7) is 1.79. The zero-order chi connectivity index (χ0) is 19.1. The molecule has 0 saturated heterocycles. The van der Waals surface area contributed by atoms with Gasteiger partial charge >= 0.3 is 0 Å². The molecule has 7 heteroatoms. The van der Waals surface area contributed by atoms with Crippen molar-refractivity contribution in [3.05, 3.63) is 35.4 Å². The number of carbonyl (C=O) groups is 3. The van der Waals surface area contributed by atoms with Gasteiger partial charge in [-0.3, -0.25) is 14.4 Å².